The summed E-state index contributed by atoms with van der Waals surface area (Å²) in [5.74, 6) is 1.56. The van der Waals surface area contributed by atoms with Gasteiger partial charge in [0.2, 0.25) is 12.9 Å². The lowest BCUT2D eigenvalue weighted by atomic mass is 10.2. The summed E-state index contributed by atoms with van der Waals surface area (Å²) in [7, 11) is 0. The van der Waals surface area contributed by atoms with E-state index in [1.807, 2.05) is 28.8 Å². The van der Waals surface area contributed by atoms with Gasteiger partial charge in [0, 0.05) is 18.7 Å². The maximum Gasteiger partial charge on any atom is 0.307 e. The Morgan fingerprint density at radius 3 is 2.72 bits per heavy atom. The van der Waals surface area contributed by atoms with E-state index in [4.69, 9.17) is 23.7 Å². The Kier molecular flexibility index (Phi) is 5.44. The first kappa shape index (κ1) is 20.4. The zero-order valence-corrected chi connectivity index (χ0v) is 18.1. The molecule has 0 saturated heterocycles. The van der Waals surface area contributed by atoms with E-state index in [0.29, 0.717) is 41.0 Å². The number of thiazole rings is 1. The second-order valence-electron chi connectivity index (χ2n) is 7.08. The summed E-state index contributed by atoms with van der Waals surface area (Å²) in [5.41, 5.74) is 0.793. The molecule has 1 aromatic heterocycles. The van der Waals surface area contributed by atoms with E-state index >= 15 is 0 Å². The number of para-hydroxylation sites is 2. The SMILES string of the molecule is CCOC(=O)CCn1c(=NC(=O)C2COc3ccccc3O2)sc2cc3c(cc21)OCO3. The van der Waals surface area contributed by atoms with Crippen molar-refractivity contribution < 1.29 is 33.3 Å². The second kappa shape index (κ2) is 8.54. The lowest BCUT2D eigenvalue weighted by Crippen LogP contribution is -2.36. The lowest BCUT2D eigenvalue weighted by molar-refractivity contribution is -0.143. The molecule has 3 heterocycles. The Morgan fingerprint density at radius 1 is 1.12 bits per heavy atom. The molecule has 0 bridgehead atoms. The summed E-state index contributed by atoms with van der Waals surface area (Å²) >= 11 is 1.32. The minimum atomic E-state index is -0.856. The minimum Gasteiger partial charge on any atom is -0.485 e. The molecule has 1 atom stereocenters. The number of aromatic nitrogens is 1. The van der Waals surface area contributed by atoms with Crippen molar-refractivity contribution in [2.24, 2.45) is 4.99 Å². The Hall–Kier alpha value is -3.53. The third kappa shape index (κ3) is 3.89. The van der Waals surface area contributed by atoms with Crippen molar-refractivity contribution in [1.82, 2.24) is 4.57 Å². The van der Waals surface area contributed by atoms with Gasteiger partial charge in [-0.15, -0.1) is 0 Å². The monoisotopic (exact) mass is 456 g/mol. The molecule has 2 aliphatic rings. The fourth-order valence-corrected chi connectivity index (χ4v) is 4.58. The van der Waals surface area contributed by atoms with Gasteiger partial charge < -0.3 is 28.3 Å². The Balaban J connectivity index is 1.49. The van der Waals surface area contributed by atoms with Crippen molar-refractivity contribution in [3.8, 4) is 23.0 Å². The summed E-state index contributed by atoms with van der Waals surface area (Å²) in [5, 5.41) is 0. The molecule has 1 amide bonds. The van der Waals surface area contributed by atoms with Crippen LogP contribution in [0.5, 0.6) is 23.0 Å². The molecule has 0 N–H and O–H groups in total. The summed E-state index contributed by atoms with van der Waals surface area (Å²) in [4.78, 5) is 29.6. The Labute approximate surface area is 186 Å². The third-order valence-corrected chi connectivity index (χ3v) is 6.05. The summed E-state index contributed by atoms with van der Waals surface area (Å²) in [6.45, 7) is 2.60. The minimum absolute atomic E-state index is 0.0725. The number of fused-ring (bicyclic) bond motifs is 3. The Bertz CT molecular complexity index is 1260. The lowest BCUT2D eigenvalue weighted by Gasteiger charge is -2.23. The van der Waals surface area contributed by atoms with Gasteiger partial charge in [0.1, 0.15) is 6.61 Å². The summed E-state index contributed by atoms with van der Waals surface area (Å²) in [6.07, 6.45) is -0.711. The van der Waals surface area contributed by atoms with Crippen LogP contribution < -0.4 is 23.7 Å². The Morgan fingerprint density at radius 2 is 1.91 bits per heavy atom. The largest absolute Gasteiger partial charge is 0.485 e. The predicted octanol–water partition coefficient (Wildman–Crippen LogP) is 2.65. The number of ether oxygens (including phenoxy) is 5. The van der Waals surface area contributed by atoms with Gasteiger partial charge in [0.15, 0.2) is 27.8 Å². The van der Waals surface area contributed by atoms with Crippen LogP contribution in [0.4, 0.5) is 0 Å². The number of carbonyl (C=O) groups is 2. The van der Waals surface area contributed by atoms with Crippen LogP contribution in [0.3, 0.4) is 0 Å². The smallest absolute Gasteiger partial charge is 0.307 e. The van der Waals surface area contributed by atoms with Crippen LogP contribution in [0.1, 0.15) is 13.3 Å². The predicted molar refractivity (Wildman–Crippen MR) is 114 cm³/mol. The molecule has 5 rings (SSSR count). The highest BCUT2D eigenvalue weighted by atomic mass is 32.1. The molecule has 166 valence electrons. The van der Waals surface area contributed by atoms with Crippen LogP contribution >= 0.6 is 11.3 Å². The van der Waals surface area contributed by atoms with Gasteiger partial charge in [-0.2, -0.15) is 4.99 Å². The van der Waals surface area contributed by atoms with Gasteiger partial charge in [-0.25, -0.2) is 0 Å². The molecule has 10 heteroatoms. The van der Waals surface area contributed by atoms with Gasteiger partial charge in [-0.3, -0.25) is 9.59 Å². The van der Waals surface area contributed by atoms with E-state index in [1.54, 1.807) is 19.1 Å². The molecule has 0 aliphatic carbocycles. The van der Waals surface area contributed by atoms with Crippen molar-refractivity contribution in [3.05, 3.63) is 41.2 Å². The van der Waals surface area contributed by atoms with Gasteiger partial charge in [-0.1, -0.05) is 23.5 Å². The van der Waals surface area contributed by atoms with Crippen LogP contribution in [-0.2, 0) is 20.9 Å². The summed E-state index contributed by atoms with van der Waals surface area (Å²) < 4.78 is 30.1. The van der Waals surface area contributed by atoms with E-state index in [2.05, 4.69) is 4.99 Å². The molecule has 3 aromatic rings. The number of carbonyl (C=O) groups excluding carboxylic acids is 2. The van der Waals surface area contributed by atoms with Crippen LogP contribution in [0.2, 0.25) is 0 Å². The van der Waals surface area contributed by atoms with Crippen LogP contribution in [-0.4, -0.2) is 42.6 Å². The maximum absolute atomic E-state index is 12.9. The fourth-order valence-electron chi connectivity index (χ4n) is 3.50. The molecule has 0 saturated carbocycles. The number of aryl methyl sites for hydroxylation is 1. The van der Waals surface area contributed by atoms with E-state index in [-0.39, 0.29) is 25.8 Å². The molecule has 2 aliphatic heterocycles. The van der Waals surface area contributed by atoms with Gasteiger partial charge in [-0.05, 0) is 19.1 Å². The quantitative estimate of drug-likeness (QED) is 0.545. The average Bonchev–Trinajstić information content (AvgIpc) is 3.39. The highest BCUT2D eigenvalue weighted by Gasteiger charge is 2.27. The van der Waals surface area contributed by atoms with E-state index in [0.717, 1.165) is 10.2 Å². The molecule has 0 fully saturated rings. The van der Waals surface area contributed by atoms with Gasteiger partial charge in [0.05, 0.1) is 23.2 Å². The topological polar surface area (TPSA) is 97.6 Å². The molecule has 0 spiro atoms. The first-order valence-electron chi connectivity index (χ1n) is 10.2. The van der Waals surface area contributed by atoms with Gasteiger partial charge in [0.25, 0.3) is 5.91 Å². The third-order valence-electron chi connectivity index (χ3n) is 5.01. The second-order valence-corrected chi connectivity index (χ2v) is 8.09. The number of esters is 1. The molecular formula is C22H20N2O7S. The molecule has 1 unspecified atom stereocenters. The van der Waals surface area contributed by atoms with Crippen LogP contribution in [0, 0.1) is 0 Å². The first-order valence-corrected chi connectivity index (χ1v) is 11.0. The number of amides is 1. The highest BCUT2D eigenvalue weighted by Crippen LogP contribution is 2.37. The molecule has 2 aromatic carbocycles. The molecule has 32 heavy (non-hydrogen) atoms. The number of rotatable bonds is 5. The van der Waals surface area contributed by atoms with Crippen LogP contribution in [0.25, 0.3) is 10.2 Å². The summed E-state index contributed by atoms with van der Waals surface area (Å²) in [6, 6.07) is 10.9. The fraction of sp³-hybridized carbons (Fsp3) is 0.318. The number of benzene rings is 2. The molecule has 9 nitrogen and oxygen atoms in total. The van der Waals surface area contributed by atoms with E-state index in [9.17, 15) is 9.59 Å². The van der Waals surface area contributed by atoms with Gasteiger partial charge >= 0.3 is 5.97 Å². The highest BCUT2D eigenvalue weighted by molar-refractivity contribution is 7.16. The molecule has 0 radical (unpaired) electrons. The van der Waals surface area contributed by atoms with Crippen molar-refractivity contribution in [3.63, 3.8) is 0 Å². The number of nitrogens with zero attached hydrogens (tertiary/aromatic N) is 2. The van der Waals surface area contributed by atoms with E-state index < -0.39 is 12.0 Å². The number of hydrogen-bond donors (Lipinski definition) is 0. The standard InChI is InChI=1S/C22H20N2O7S/c1-2-27-20(25)7-8-24-13-9-16-17(30-12-29-16)10-19(13)32-22(24)23-21(26)18-11-28-14-5-3-4-6-15(14)31-18/h3-6,9-10,18H,2,7-8,11-12H2,1H3. The number of hydrogen-bond acceptors (Lipinski definition) is 8. The van der Waals surface area contributed by atoms with Crippen molar-refractivity contribution in [2.45, 2.75) is 26.0 Å². The van der Waals surface area contributed by atoms with Crippen molar-refractivity contribution in [2.75, 3.05) is 20.0 Å². The zero-order valence-electron chi connectivity index (χ0n) is 17.2. The van der Waals surface area contributed by atoms with Crippen LogP contribution in [0.15, 0.2) is 41.4 Å². The maximum atomic E-state index is 12.9. The normalized spacial score (nSPS) is 16.9. The first-order chi connectivity index (χ1) is 15.6. The zero-order chi connectivity index (χ0) is 22.1. The average molecular weight is 456 g/mol. The van der Waals surface area contributed by atoms with E-state index in [1.165, 1.54) is 11.3 Å². The molecular weight excluding hydrogens is 436 g/mol. The van der Waals surface area contributed by atoms with Crippen molar-refractivity contribution in [1.29, 1.82) is 0 Å². The van der Waals surface area contributed by atoms with Crippen molar-refractivity contribution >= 4 is 33.4 Å².